The third kappa shape index (κ3) is 2.43. The van der Waals surface area contributed by atoms with Crippen LogP contribution in [0.25, 0.3) is 54.6 Å². The predicted octanol–water partition coefficient (Wildman–Crippen LogP) is 10.5. The molecule has 0 spiro atoms. The van der Waals surface area contributed by atoms with Crippen molar-refractivity contribution in [3.63, 3.8) is 0 Å². The van der Waals surface area contributed by atoms with Crippen molar-refractivity contribution < 1.29 is 0 Å². The quantitative estimate of drug-likeness (QED) is 0.186. The summed E-state index contributed by atoms with van der Waals surface area (Å²) >= 11 is 0. The number of benzene rings is 6. The average Bonchev–Trinajstić information content (AvgIpc) is 3.27. The largest absolute Gasteiger partial charge is 0.0619 e. The lowest BCUT2D eigenvalue weighted by Gasteiger charge is -2.30. The maximum atomic E-state index is 2.57. The van der Waals surface area contributed by atoms with Gasteiger partial charge in [0.05, 0.1) is 0 Å². The van der Waals surface area contributed by atoms with E-state index in [1.165, 1.54) is 82.4 Å². The first kappa shape index (κ1) is 22.4. The Bertz CT molecular complexity index is 1990. The summed E-state index contributed by atoms with van der Waals surface area (Å²) in [6.45, 7) is 16.8. The molecule has 0 nitrogen and oxygen atoms in total. The van der Waals surface area contributed by atoms with Crippen LogP contribution >= 0.6 is 0 Å². The van der Waals surface area contributed by atoms with E-state index >= 15 is 0 Å². The van der Waals surface area contributed by atoms with E-state index < -0.39 is 0 Å². The van der Waals surface area contributed by atoms with Crippen molar-refractivity contribution in [1.29, 1.82) is 0 Å². The van der Waals surface area contributed by atoms with Crippen LogP contribution in [-0.4, -0.2) is 0 Å². The molecule has 0 fully saturated rings. The molecule has 0 aromatic heterocycles. The van der Waals surface area contributed by atoms with Crippen molar-refractivity contribution in [3.8, 4) is 22.3 Å². The first-order chi connectivity index (χ1) is 18.0. The van der Waals surface area contributed by atoms with E-state index in [1.807, 2.05) is 0 Å². The van der Waals surface area contributed by atoms with Crippen LogP contribution in [0.1, 0.15) is 76.3 Å². The highest BCUT2D eigenvalue weighted by molar-refractivity contribution is 6.31. The molecular weight excluding hydrogens is 456 g/mol. The molecule has 0 amide bonds. The predicted molar refractivity (Wildman–Crippen MR) is 164 cm³/mol. The van der Waals surface area contributed by atoms with Gasteiger partial charge >= 0.3 is 0 Å². The lowest BCUT2D eigenvalue weighted by Crippen LogP contribution is -2.18. The van der Waals surface area contributed by atoms with Crippen LogP contribution in [-0.2, 0) is 16.2 Å². The number of hydrogen-bond donors (Lipinski definition) is 0. The van der Waals surface area contributed by atoms with Crippen molar-refractivity contribution in [1.82, 2.24) is 0 Å². The maximum Gasteiger partial charge on any atom is 0.0165 e. The Morgan fingerprint density at radius 1 is 0.500 bits per heavy atom. The van der Waals surface area contributed by atoms with Gasteiger partial charge in [0.25, 0.3) is 0 Å². The zero-order valence-corrected chi connectivity index (χ0v) is 23.5. The summed E-state index contributed by atoms with van der Waals surface area (Å²) in [5, 5.41) is 8.61. The van der Waals surface area contributed by atoms with Gasteiger partial charge in [-0.15, -0.1) is 0 Å². The lowest BCUT2D eigenvalue weighted by molar-refractivity contribution is 0.596. The van der Waals surface area contributed by atoms with E-state index in [9.17, 15) is 0 Å². The standard InChI is InChI=1S/C38H34/c1-36(2,3)30-20-27-32-26(19-25-21-13-8-10-17-28(21)37(4,5)34(25)27)35-33(24-16-12-15-23(30)31(24)32)22-14-9-11-18-29(22)38(35,6)7/h8-20H,1-7H3. The fourth-order valence-corrected chi connectivity index (χ4v) is 8.27. The van der Waals surface area contributed by atoms with Gasteiger partial charge < -0.3 is 0 Å². The number of rotatable bonds is 0. The molecule has 0 unspecified atom stereocenters. The summed E-state index contributed by atoms with van der Waals surface area (Å²) in [6.07, 6.45) is 0. The Kier molecular flexibility index (Phi) is 3.92. The highest BCUT2D eigenvalue weighted by atomic mass is 14.4. The Hall–Kier alpha value is -3.64. The number of fused-ring (bicyclic) bond motifs is 9. The topological polar surface area (TPSA) is 0 Å². The second-order valence-electron chi connectivity index (χ2n) is 13.8. The first-order valence-corrected chi connectivity index (χ1v) is 14.1. The Labute approximate surface area is 225 Å². The fourth-order valence-electron chi connectivity index (χ4n) is 8.27. The van der Waals surface area contributed by atoms with Crippen LogP contribution in [0.3, 0.4) is 0 Å². The molecule has 0 atom stereocenters. The van der Waals surface area contributed by atoms with E-state index in [1.54, 1.807) is 0 Å². The molecule has 0 saturated heterocycles. The minimum atomic E-state index is -0.0662. The summed E-state index contributed by atoms with van der Waals surface area (Å²) in [7, 11) is 0. The molecule has 8 rings (SSSR count). The SMILES string of the molecule is CC(C)(C)c1cc2c3c(cc4c5c(c6cccc1c6c24)-c1ccccc1C5(C)C)-c1ccccc1C3(C)C. The molecule has 0 heteroatoms. The van der Waals surface area contributed by atoms with Crippen molar-refractivity contribution in [2.45, 2.75) is 64.7 Å². The molecule has 2 aliphatic rings. The van der Waals surface area contributed by atoms with Gasteiger partial charge in [-0.2, -0.15) is 0 Å². The van der Waals surface area contributed by atoms with Gasteiger partial charge in [0.15, 0.2) is 0 Å². The zero-order chi connectivity index (χ0) is 26.4. The second kappa shape index (κ2) is 6.67. The summed E-state index contributed by atoms with van der Waals surface area (Å²) in [5.74, 6) is 0. The molecule has 0 saturated carbocycles. The van der Waals surface area contributed by atoms with Crippen LogP contribution in [0.4, 0.5) is 0 Å². The fraction of sp³-hybridized carbons (Fsp3) is 0.263. The molecule has 0 radical (unpaired) electrons. The number of hydrogen-bond acceptors (Lipinski definition) is 0. The van der Waals surface area contributed by atoms with E-state index in [0.29, 0.717) is 0 Å². The summed E-state index contributed by atoms with van der Waals surface area (Å²) in [5.41, 5.74) is 12.9. The molecular formula is C38H34. The minimum Gasteiger partial charge on any atom is -0.0619 e. The Morgan fingerprint density at radius 2 is 1.05 bits per heavy atom. The van der Waals surface area contributed by atoms with Gasteiger partial charge in [0.1, 0.15) is 0 Å². The normalized spacial score (nSPS) is 16.7. The van der Waals surface area contributed by atoms with Crippen molar-refractivity contribution in [2.75, 3.05) is 0 Å². The second-order valence-corrected chi connectivity index (χ2v) is 13.8. The molecule has 0 N–H and O–H groups in total. The Morgan fingerprint density at radius 3 is 1.76 bits per heavy atom. The molecule has 38 heavy (non-hydrogen) atoms. The van der Waals surface area contributed by atoms with Crippen LogP contribution in [0.5, 0.6) is 0 Å². The van der Waals surface area contributed by atoms with Crippen LogP contribution in [0, 0.1) is 0 Å². The highest BCUT2D eigenvalue weighted by Gasteiger charge is 2.42. The summed E-state index contributed by atoms with van der Waals surface area (Å²) < 4.78 is 0. The van der Waals surface area contributed by atoms with Gasteiger partial charge in [-0.3, -0.25) is 0 Å². The Balaban J connectivity index is 1.72. The van der Waals surface area contributed by atoms with Crippen LogP contribution in [0.2, 0.25) is 0 Å². The molecule has 0 heterocycles. The monoisotopic (exact) mass is 490 g/mol. The van der Waals surface area contributed by atoms with Crippen molar-refractivity contribution >= 4 is 32.3 Å². The third-order valence-corrected chi connectivity index (χ3v) is 9.87. The van der Waals surface area contributed by atoms with Gasteiger partial charge in [0.2, 0.25) is 0 Å². The highest BCUT2D eigenvalue weighted by Crippen LogP contribution is 2.60. The van der Waals surface area contributed by atoms with E-state index in [2.05, 4.69) is 127 Å². The molecule has 6 aromatic rings. The molecule has 6 aromatic carbocycles. The van der Waals surface area contributed by atoms with Gasteiger partial charge in [-0.05, 0) is 99.9 Å². The smallest absolute Gasteiger partial charge is 0.0165 e. The van der Waals surface area contributed by atoms with E-state index in [4.69, 9.17) is 0 Å². The average molecular weight is 491 g/mol. The van der Waals surface area contributed by atoms with Crippen LogP contribution in [0.15, 0.2) is 78.9 Å². The summed E-state index contributed by atoms with van der Waals surface area (Å²) in [6, 6.07) is 30.4. The molecule has 186 valence electrons. The van der Waals surface area contributed by atoms with Gasteiger partial charge in [-0.1, -0.05) is 115 Å². The summed E-state index contributed by atoms with van der Waals surface area (Å²) in [4.78, 5) is 0. The molecule has 0 bridgehead atoms. The minimum absolute atomic E-state index is 0.0345. The van der Waals surface area contributed by atoms with Crippen molar-refractivity contribution in [3.05, 3.63) is 107 Å². The zero-order valence-electron chi connectivity index (χ0n) is 23.5. The van der Waals surface area contributed by atoms with E-state index in [-0.39, 0.29) is 16.2 Å². The maximum absolute atomic E-state index is 2.57. The van der Waals surface area contributed by atoms with Crippen LogP contribution < -0.4 is 0 Å². The van der Waals surface area contributed by atoms with Gasteiger partial charge in [0, 0.05) is 10.8 Å². The third-order valence-electron chi connectivity index (χ3n) is 9.87. The molecule has 0 aliphatic heterocycles. The first-order valence-electron chi connectivity index (χ1n) is 14.1. The van der Waals surface area contributed by atoms with Crippen molar-refractivity contribution in [2.24, 2.45) is 0 Å². The van der Waals surface area contributed by atoms with Gasteiger partial charge in [-0.25, -0.2) is 0 Å². The lowest BCUT2D eigenvalue weighted by atomic mass is 9.72. The molecule has 2 aliphatic carbocycles. The van der Waals surface area contributed by atoms with E-state index in [0.717, 1.165) is 0 Å².